The number of carbonyl (C=O) groups excluding carboxylic acids is 1. The van der Waals surface area contributed by atoms with E-state index in [4.69, 9.17) is 16.3 Å². The number of piperidine rings is 1. The molecule has 0 aromatic carbocycles. The van der Waals surface area contributed by atoms with Crippen molar-refractivity contribution in [2.45, 2.75) is 25.7 Å². The fourth-order valence-corrected chi connectivity index (χ4v) is 4.50. The summed E-state index contributed by atoms with van der Waals surface area (Å²) < 4.78 is 18.1. The van der Waals surface area contributed by atoms with Gasteiger partial charge >= 0.3 is 0 Å². The first kappa shape index (κ1) is 23.8. The van der Waals surface area contributed by atoms with Gasteiger partial charge in [-0.15, -0.1) is 0 Å². The Hall–Kier alpha value is -2.36. The van der Waals surface area contributed by atoms with Crippen LogP contribution in [-0.4, -0.2) is 71.8 Å². The molecule has 2 fully saturated rings. The number of ether oxygens (including phenoxy) is 1. The summed E-state index contributed by atoms with van der Waals surface area (Å²) in [5.41, 5.74) is 1.24. The van der Waals surface area contributed by atoms with Gasteiger partial charge in [0.05, 0.1) is 29.0 Å². The van der Waals surface area contributed by atoms with Crippen LogP contribution in [0.4, 0.5) is 16.0 Å². The van der Waals surface area contributed by atoms with Gasteiger partial charge in [-0.05, 0) is 44.2 Å². The number of carbonyl (C=O) groups is 1. The van der Waals surface area contributed by atoms with Crippen molar-refractivity contribution < 1.29 is 13.9 Å². The second-order valence-electron chi connectivity index (χ2n) is 8.59. The molecule has 178 valence electrons. The molecule has 2 aromatic heterocycles. The lowest BCUT2D eigenvalue weighted by molar-refractivity contribution is -0.121. The standard InChI is InChI=1S/C23H30ClFN6O2/c24-19-12-28-21(30-23(32)17-2-1-6-31(15-17)7-5-25)10-18(19)20-13-26-14-22(29-20)27-11-16-3-8-33-9-4-16/h10,12-14,16-17H,1-9,11,15H2,(H,27,29)(H,28,30,32)/t17-/m0/s1. The molecule has 2 aliphatic heterocycles. The van der Waals surface area contributed by atoms with Crippen molar-refractivity contribution in [3.05, 3.63) is 29.7 Å². The van der Waals surface area contributed by atoms with Crippen LogP contribution in [0.1, 0.15) is 25.7 Å². The van der Waals surface area contributed by atoms with Gasteiger partial charge in [-0.2, -0.15) is 0 Å². The maximum atomic E-state index is 12.8. The molecule has 0 saturated carbocycles. The molecule has 33 heavy (non-hydrogen) atoms. The van der Waals surface area contributed by atoms with Crippen molar-refractivity contribution in [2.75, 3.05) is 56.7 Å². The summed E-state index contributed by atoms with van der Waals surface area (Å²) in [6.07, 6.45) is 8.56. The lowest BCUT2D eigenvalue weighted by Gasteiger charge is -2.31. The van der Waals surface area contributed by atoms with E-state index in [1.807, 2.05) is 4.90 Å². The normalized spacial score (nSPS) is 19.9. The number of nitrogens with zero attached hydrogens (tertiary/aromatic N) is 4. The SMILES string of the molecule is O=C(Nc1cc(-c2cncc(NCC3CCOCC3)n2)c(Cl)cn1)[C@H]1CCCN(CCF)C1. The molecule has 1 atom stereocenters. The van der Waals surface area contributed by atoms with E-state index in [2.05, 4.69) is 25.6 Å². The zero-order chi connectivity index (χ0) is 23.0. The Labute approximate surface area is 198 Å². The van der Waals surface area contributed by atoms with E-state index in [0.29, 0.717) is 46.9 Å². The Morgan fingerprint density at radius 3 is 2.88 bits per heavy atom. The third-order valence-corrected chi connectivity index (χ3v) is 6.51. The lowest BCUT2D eigenvalue weighted by Crippen LogP contribution is -2.41. The minimum absolute atomic E-state index is 0.114. The first-order valence-electron chi connectivity index (χ1n) is 11.5. The molecular weight excluding hydrogens is 447 g/mol. The second kappa shape index (κ2) is 11.7. The molecule has 0 aliphatic carbocycles. The maximum Gasteiger partial charge on any atom is 0.229 e. The Morgan fingerprint density at radius 2 is 2.06 bits per heavy atom. The number of aromatic nitrogens is 3. The average molecular weight is 477 g/mol. The molecule has 0 bridgehead atoms. The van der Waals surface area contributed by atoms with E-state index in [1.165, 1.54) is 6.20 Å². The van der Waals surface area contributed by atoms with E-state index in [1.54, 1.807) is 18.5 Å². The van der Waals surface area contributed by atoms with Crippen molar-refractivity contribution in [3.63, 3.8) is 0 Å². The summed E-state index contributed by atoms with van der Waals surface area (Å²) in [5, 5.41) is 6.68. The van der Waals surface area contributed by atoms with E-state index in [-0.39, 0.29) is 11.8 Å². The van der Waals surface area contributed by atoms with Crippen LogP contribution in [0, 0.1) is 11.8 Å². The number of alkyl halides is 1. The first-order valence-corrected chi connectivity index (χ1v) is 11.9. The molecule has 4 heterocycles. The summed E-state index contributed by atoms with van der Waals surface area (Å²) in [6, 6.07) is 1.72. The molecule has 2 aliphatic rings. The van der Waals surface area contributed by atoms with Gasteiger partial charge in [-0.3, -0.25) is 14.7 Å². The fourth-order valence-electron chi connectivity index (χ4n) is 4.30. The monoisotopic (exact) mass is 476 g/mol. The Balaban J connectivity index is 1.42. The number of nitrogens with one attached hydrogen (secondary N) is 2. The molecule has 1 amide bonds. The highest BCUT2D eigenvalue weighted by atomic mass is 35.5. The van der Waals surface area contributed by atoms with Gasteiger partial charge in [0.15, 0.2) is 0 Å². The second-order valence-corrected chi connectivity index (χ2v) is 9.00. The first-order chi connectivity index (χ1) is 16.1. The fraction of sp³-hybridized carbons (Fsp3) is 0.565. The van der Waals surface area contributed by atoms with Crippen LogP contribution in [0.2, 0.25) is 5.02 Å². The Bertz CT molecular complexity index is 941. The van der Waals surface area contributed by atoms with Crippen LogP contribution in [0.15, 0.2) is 24.7 Å². The highest BCUT2D eigenvalue weighted by Crippen LogP contribution is 2.29. The average Bonchev–Trinajstić information content (AvgIpc) is 2.85. The van der Waals surface area contributed by atoms with Crippen LogP contribution in [0.3, 0.4) is 0 Å². The van der Waals surface area contributed by atoms with Gasteiger partial charge in [-0.25, -0.2) is 14.4 Å². The number of rotatable bonds is 8. The molecule has 0 radical (unpaired) electrons. The predicted octanol–water partition coefficient (Wildman–Crippen LogP) is 3.65. The molecular formula is C23H30ClFN6O2. The highest BCUT2D eigenvalue weighted by molar-refractivity contribution is 6.33. The third kappa shape index (κ3) is 6.59. The molecule has 8 nitrogen and oxygen atoms in total. The third-order valence-electron chi connectivity index (χ3n) is 6.21. The number of hydrogen-bond donors (Lipinski definition) is 2. The molecule has 0 spiro atoms. The van der Waals surface area contributed by atoms with E-state index in [9.17, 15) is 9.18 Å². The van der Waals surface area contributed by atoms with E-state index >= 15 is 0 Å². The van der Waals surface area contributed by atoms with Crippen molar-refractivity contribution in [1.82, 2.24) is 19.9 Å². The van der Waals surface area contributed by atoms with Gasteiger partial charge in [0.1, 0.15) is 18.3 Å². The predicted molar refractivity (Wildman–Crippen MR) is 126 cm³/mol. The minimum atomic E-state index is -0.402. The Kier molecular flexibility index (Phi) is 8.41. The zero-order valence-electron chi connectivity index (χ0n) is 18.6. The van der Waals surface area contributed by atoms with Gasteiger partial charge in [0.25, 0.3) is 0 Å². The number of likely N-dealkylation sites (tertiary alicyclic amines) is 1. The highest BCUT2D eigenvalue weighted by Gasteiger charge is 2.26. The van der Waals surface area contributed by atoms with Gasteiger partial charge < -0.3 is 15.4 Å². The van der Waals surface area contributed by atoms with Crippen molar-refractivity contribution in [3.8, 4) is 11.3 Å². The number of pyridine rings is 1. The van der Waals surface area contributed by atoms with E-state index < -0.39 is 6.67 Å². The zero-order valence-corrected chi connectivity index (χ0v) is 19.4. The van der Waals surface area contributed by atoms with Crippen LogP contribution >= 0.6 is 11.6 Å². The van der Waals surface area contributed by atoms with E-state index in [0.717, 1.165) is 52.0 Å². The number of anilines is 2. The quantitative estimate of drug-likeness (QED) is 0.600. The minimum Gasteiger partial charge on any atom is -0.381 e. The van der Waals surface area contributed by atoms with Gasteiger partial charge in [0.2, 0.25) is 5.91 Å². The summed E-state index contributed by atoms with van der Waals surface area (Å²) >= 11 is 6.40. The van der Waals surface area contributed by atoms with Crippen molar-refractivity contribution >= 4 is 29.1 Å². The lowest BCUT2D eigenvalue weighted by atomic mass is 9.97. The maximum absolute atomic E-state index is 12.8. The largest absolute Gasteiger partial charge is 0.381 e. The van der Waals surface area contributed by atoms with Gasteiger partial charge in [0, 0.05) is 44.6 Å². The molecule has 10 heteroatoms. The molecule has 2 saturated heterocycles. The smallest absolute Gasteiger partial charge is 0.229 e. The van der Waals surface area contributed by atoms with Crippen LogP contribution in [0.5, 0.6) is 0 Å². The molecule has 2 aromatic rings. The Morgan fingerprint density at radius 1 is 1.21 bits per heavy atom. The van der Waals surface area contributed by atoms with Crippen LogP contribution in [-0.2, 0) is 9.53 Å². The number of amides is 1. The molecule has 4 rings (SSSR count). The molecule has 0 unspecified atom stereocenters. The summed E-state index contributed by atoms with van der Waals surface area (Å²) in [6.45, 7) is 3.76. The summed E-state index contributed by atoms with van der Waals surface area (Å²) in [4.78, 5) is 28.0. The van der Waals surface area contributed by atoms with Crippen molar-refractivity contribution in [2.24, 2.45) is 11.8 Å². The van der Waals surface area contributed by atoms with Crippen LogP contribution < -0.4 is 10.6 Å². The molecule has 2 N–H and O–H groups in total. The summed E-state index contributed by atoms with van der Waals surface area (Å²) in [5.74, 6) is 1.33. The summed E-state index contributed by atoms with van der Waals surface area (Å²) in [7, 11) is 0. The van der Waals surface area contributed by atoms with Crippen molar-refractivity contribution in [1.29, 1.82) is 0 Å². The van der Waals surface area contributed by atoms with Crippen LogP contribution in [0.25, 0.3) is 11.3 Å². The van der Waals surface area contributed by atoms with Gasteiger partial charge in [-0.1, -0.05) is 11.6 Å². The number of halogens is 2. The number of hydrogen-bond acceptors (Lipinski definition) is 7. The topological polar surface area (TPSA) is 92.3 Å².